The van der Waals surface area contributed by atoms with Gasteiger partial charge in [0.1, 0.15) is 0 Å². The van der Waals surface area contributed by atoms with Crippen LogP contribution < -0.4 is 0 Å². The summed E-state index contributed by atoms with van der Waals surface area (Å²) in [5.41, 5.74) is 8.09. The predicted molar refractivity (Wildman–Crippen MR) is 183 cm³/mol. The van der Waals surface area contributed by atoms with Gasteiger partial charge in [-0.2, -0.15) is 0 Å². The molecule has 0 bridgehead atoms. The highest BCUT2D eigenvalue weighted by atomic mass is 15.0. The van der Waals surface area contributed by atoms with Crippen LogP contribution in [0.2, 0.25) is 0 Å². The Bertz CT molecular complexity index is 2230. The van der Waals surface area contributed by atoms with Crippen LogP contribution in [0.25, 0.3) is 66.8 Å². The molecule has 1 heterocycles. The summed E-state index contributed by atoms with van der Waals surface area (Å²) < 4.78 is 0. The van der Waals surface area contributed by atoms with Gasteiger partial charge in [-0.05, 0) is 66.8 Å². The Morgan fingerprint density at radius 3 is 1.73 bits per heavy atom. The fraction of sp³-hybridized carbons (Fsp3) is 0.146. The van der Waals surface area contributed by atoms with Gasteiger partial charge in [0.15, 0.2) is 17.5 Å². The number of hydrogen-bond acceptors (Lipinski definition) is 3. The molecule has 1 aliphatic carbocycles. The molecular weight excluding hydrogens is 534 g/mol. The molecule has 3 heteroatoms. The summed E-state index contributed by atoms with van der Waals surface area (Å²) >= 11 is 0. The van der Waals surface area contributed by atoms with Crippen LogP contribution in [0.5, 0.6) is 0 Å². The minimum absolute atomic E-state index is 0.0516. The predicted octanol–water partition coefficient (Wildman–Crippen LogP) is 10.4. The molecule has 212 valence electrons. The lowest BCUT2D eigenvalue weighted by Crippen LogP contribution is -2.43. The average Bonchev–Trinajstić information content (AvgIpc) is 3.07. The second kappa shape index (κ2) is 9.68. The van der Waals surface area contributed by atoms with Crippen LogP contribution >= 0.6 is 0 Å². The van der Waals surface area contributed by atoms with Crippen LogP contribution in [-0.2, 0) is 10.8 Å². The molecule has 0 aliphatic heterocycles. The zero-order valence-electron chi connectivity index (χ0n) is 25.5. The third kappa shape index (κ3) is 4.00. The van der Waals surface area contributed by atoms with Gasteiger partial charge in [0.05, 0.1) is 0 Å². The topological polar surface area (TPSA) is 38.7 Å². The number of hydrogen-bond donors (Lipinski definition) is 0. The molecular formula is C41H33N3. The van der Waals surface area contributed by atoms with Crippen molar-refractivity contribution in [1.29, 1.82) is 0 Å². The number of rotatable bonds is 3. The van der Waals surface area contributed by atoms with Gasteiger partial charge < -0.3 is 0 Å². The van der Waals surface area contributed by atoms with Crippen molar-refractivity contribution in [3.8, 4) is 45.3 Å². The second-order valence-corrected chi connectivity index (χ2v) is 13.0. The Labute approximate surface area is 258 Å². The minimum atomic E-state index is -0.105. The quantitative estimate of drug-likeness (QED) is 0.199. The normalized spacial score (nSPS) is 14.7. The first-order valence-corrected chi connectivity index (χ1v) is 15.3. The molecule has 0 unspecified atom stereocenters. The van der Waals surface area contributed by atoms with E-state index in [0.29, 0.717) is 17.5 Å². The standard InChI is InChI=1S/C41H33N3/c1-40(2)35-17-11-10-16-33(35)34-23-21-30(25-36(34)41(40,3)4)39-43-37(27-13-6-5-7-14-27)42-38(44-39)29-20-22-32-28(24-29)19-18-26-12-8-9-15-31(26)32/h5-25H,1-4H3. The highest BCUT2D eigenvalue weighted by Gasteiger charge is 2.45. The van der Waals surface area contributed by atoms with Crippen molar-refractivity contribution >= 4 is 21.5 Å². The zero-order valence-corrected chi connectivity index (χ0v) is 25.5. The van der Waals surface area contributed by atoms with Crippen molar-refractivity contribution in [3.63, 3.8) is 0 Å². The van der Waals surface area contributed by atoms with Gasteiger partial charge in [-0.1, -0.05) is 143 Å². The summed E-state index contributed by atoms with van der Waals surface area (Å²) in [6.07, 6.45) is 0. The maximum absolute atomic E-state index is 5.12. The van der Waals surface area contributed by atoms with Gasteiger partial charge in [0.2, 0.25) is 0 Å². The summed E-state index contributed by atoms with van der Waals surface area (Å²) in [6, 6.07) is 45.2. The fourth-order valence-corrected chi connectivity index (χ4v) is 6.87. The first kappa shape index (κ1) is 26.5. The summed E-state index contributed by atoms with van der Waals surface area (Å²) in [4.78, 5) is 15.2. The Kier molecular flexibility index (Phi) is 5.83. The van der Waals surface area contributed by atoms with Crippen molar-refractivity contribution in [3.05, 3.63) is 139 Å². The molecule has 0 spiro atoms. The number of aromatic nitrogens is 3. The Morgan fingerprint density at radius 1 is 0.386 bits per heavy atom. The number of fused-ring (bicyclic) bond motifs is 6. The van der Waals surface area contributed by atoms with E-state index in [1.807, 2.05) is 18.2 Å². The van der Waals surface area contributed by atoms with Gasteiger partial charge in [-0.15, -0.1) is 0 Å². The van der Waals surface area contributed by atoms with Crippen molar-refractivity contribution in [2.75, 3.05) is 0 Å². The summed E-state index contributed by atoms with van der Waals surface area (Å²) in [5.74, 6) is 2.03. The van der Waals surface area contributed by atoms with Crippen molar-refractivity contribution in [2.24, 2.45) is 0 Å². The highest BCUT2D eigenvalue weighted by Crippen LogP contribution is 2.54. The largest absolute Gasteiger partial charge is 0.208 e. The third-order valence-electron chi connectivity index (χ3n) is 10.1. The summed E-state index contributed by atoms with van der Waals surface area (Å²) in [6.45, 7) is 9.44. The summed E-state index contributed by atoms with van der Waals surface area (Å²) in [7, 11) is 0. The van der Waals surface area contributed by atoms with Crippen LogP contribution in [0, 0.1) is 0 Å². The van der Waals surface area contributed by atoms with Crippen LogP contribution in [0.15, 0.2) is 127 Å². The van der Waals surface area contributed by atoms with Crippen molar-refractivity contribution in [1.82, 2.24) is 15.0 Å². The van der Waals surface area contributed by atoms with Crippen LogP contribution in [0.4, 0.5) is 0 Å². The van der Waals surface area contributed by atoms with Gasteiger partial charge in [-0.3, -0.25) is 0 Å². The first-order chi connectivity index (χ1) is 21.3. The molecule has 8 rings (SSSR count). The number of nitrogens with zero attached hydrogens (tertiary/aromatic N) is 3. The molecule has 1 aliphatic rings. The first-order valence-electron chi connectivity index (χ1n) is 15.3. The zero-order chi connectivity index (χ0) is 30.1. The molecule has 3 nitrogen and oxygen atoms in total. The van der Waals surface area contributed by atoms with E-state index in [0.717, 1.165) is 16.7 Å². The van der Waals surface area contributed by atoms with E-state index in [1.54, 1.807) is 0 Å². The van der Waals surface area contributed by atoms with E-state index in [4.69, 9.17) is 15.0 Å². The SMILES string of the molecule is CC1(C)c2ccccc2-c2ccc(-c3nc(-c4ccccc4)nc(-c4ccc5c(ccc6ccccc65)c4)n3)cc2C1(C)C. The average molecular weight is 568 g/mol. The third-order valence-corrected chi connectivity index (χ3v) is 10.1. The van der Waals surface area contributed by atoms with Gasteiger partial charge in [0, 0.05) is 16.7 Å². The molecule has 44 heavy (non-hydrogen) atoms. The van der Waals surface area contributed by atoms with E-state index in [9.17, 15) is 0 Å². The maximum Gasteiger partial charge on any atom is 0.164 e. The Morgan fingerprint density at radius 2 is 0.932 bits per heavy atom. The monoisotopic (exact) mass is 567 g/mol. The van der Waals surface area contributed by atoms with E-state index >= 15 is 0 Å². The molecule has 7 aromatic rings. The van der Waals surface area contributed by atoms with Gasteiger partial charge in [-0.25, -0.2) is 15.0 Å². The number of benzene rings is 6. The molecule has 0 amide bonds. The van der Waals surface area contributed by atoms with Gasteiger partial charge in [0.25, 0.3) is 0 Å². The minimum Gasteiger partial charge on any atom is -0.208 e. The fourth-order valence-electron chi connectivity index (χ4n) is 6.87. The van der Waals surface area contributed by atoms with E-state index < -0.39 is 0 Å². The molecule has 0 atom stereocenters. The van der Waals surface area contributed by atoms with Gasteiger partial charge >= 0.3 is 0 Å². The second-order valence-electron chi connectivity index (χ2n) is 13.0. The molecule has 0 fully saturated rings. The smallest absolute Gasteiger partial charge is 0.164 e. The lowest BCUT2D eigenvalue weighted by molar-refractivity contribution is 0.299. The van der Waals surface area contributed by atoms with Crippen molar-refractivity contribution in [2.45, 2.75) is 38.5 Å². The van der Waals surface area contributed by atoms with E-state index in [-0.39, 0.29) is 10.8 Å². The van der Waals surface area contributed by atoms with E-state index in [2.05, 4.69) is 137 Å². The molecule has 0 saturated heterocycles. The molecule has 1 aromatic heterocycles. The summed E-state index contributed by atoms with van der Waals surface area (Å²) in [5, 5.41) is 4.88. The van der Waals surface area contributed by atoms with Crippen LogP contribution in [0.3, 0.4) is 0 Å². The maximum atomic E-state index is 5.12. The van der Waals surface area contributed by atoms with Crippen LogP contribution in [-0.4, -0.2) is 15.0 Å². The highest BCUT2D eigenvalue weighted by molar-refractivity contribution is 6.08. The molecule has 0 radical (unpaired) electrons. The lowest BCUT2D eigenvalue weighted by Gasteiger charge is -2.48. The molecule has 0 N–H and O–H groups in total. The molecule has 0 saturated carbocycles. The lowest BCUT2D eigenvalue weighted by atomic mass is 9.55. The van der Waals surface area contributed by atoms with E-state index in [1.165, 1.54) is 43.8 Å². The Hall–Kier alpha value is -5.15. The molecule has 6 aromatic carbocycles. The van der Waals surface area contributed by atoms with Crippen molar-refractivity contribution < 1.29 is 0 Å². The Balaban J connectivity index is 1.32. The van der Waals surface area contributed by atoms with Crippen LogP contribution in [0.1, 0.15) is 38.8 Å².